The van der Waals surface area contributed by atoms with Crippen LogP contribution in [0.15, 0.2) is 12.1 Å². The molecule has 0 unspecified atom stereocenters. The molecule has 0 fully saturated rings. The summed E-state index contributed by atoms with van der Waals surface area (Å²) in [5.41, 5.74) is 6.26. The summed E-state index contributed by atoms with van der Waals surface area (Å²) in [5.74, 6) is -1.09. The van der Waals surface area contributed by atoms with Crippen LogP contribution in [0.2, 0.25) is 0 Å². The molecule has 0 bridgehead atoms. The lowest BCUT2D eigenvalue weighted by molar-refractivity contribution is 0.338. The molecule has 0 atom stereocenters. The van der Waals surface area contributed by atoms with Crippen LogP contribution in [0.5, 0.6) is 0 Å². The fourth-order valence-corrected chi connectivity index (χ4v) is 1.83. The smallest absolute Gasteiger partial charge is 0.201 e. The number of halogens is 2. The van der Waals surface area contributed by atoms with E-state index in [0.717, 1.165) is 19.2 Å². The van der Waals surface area contributed by atoms with Crippen molar-refractivity contribution in [3.63, 3.8) is 0 Å². The average Bonchev–Trinajstić information content (AvgIpc) is 2.63. The van der Waals surface area contributed by atoms with Gasteiger partial charge in [-0.15, -0.1) is 0 Å². The zero-order valence-electron chi connectivity index (χ0n) is 10.5. The molecule has 0 aliphatic rings. The molecule has 0 amide bonds. The summed E-state index contributed by atoms with van der Waals surface area (Å²) in [4.78, 5) is 6.02. The molecular weight excluding hydrogens is 238 g/mol. The largest absolute Gasteiger partial charge is 0.369 e. The quantitative estimate of drug-likeness (QED) is 0.905. The van der Waals surface area contributed by atoms with E-state index in [1.165, 1.54) is 6.07 Å². The van der Waals surface area contributed by atoms with E-state index in [9.17, 15) is 8.78 Å². The first-order valence-electron chi connectivity index (χ1n) is 5.82. The lowest BCUT2D eigenvalue weighted by Gasteiger charge is -2.15. The zero-order chi connectivity index (χ0) is 13.3. The van der Waals surface area contributed by atoms with Crippen LogP contribution in [-0.2, 0) is 6.54 Å². The van der Waals surface area contributed by atoms with Crippen LogP contribution in [0.25, 0.3) is 11.0 Å². The van der Waals surface area contributed by atoms with Gasteiger partial charge in [0, 0.05) is 25.2 Å². The Morgan fingerprint density at radius 2 is 2.11 bits per heavy atom. The maximum absolute atomic E-state index is 13.5. The van der Waals surface area contributed by atoms with Gasteiger partial charge in [-0.05, 0) is 13.6 Å². The molecule has 0 saturated carbocycles. The van der Waals surface area contributed by atoms with E-state index in [0.29, 0.717) is 12.1 Å². The number of benzene rings is 1. The van der Waals surface area contributed by atoms with Crippen LogP contribution in [0.4, 0.5) is 14.7 Å². The molecule has 18 heavy (non-hydrogen) atoms. The van der Waals surface area contributed by atoms with Gasteiger partial charge in [0.2, 0.25) is 5.95 Å². The molecule has 1 aromatic heterocycles. The summed E-state index contributed by atoms with van der Waals surface area (Å²) in [5, 5.41) is 0. The van der Waals surface area contributed by atoms with Gasteiger partial charge in [-0.1, -0.05) is 6.92 Å². The third kappa shape index (κ3) is 2.28. The number of nitrogens with two attached hydrogens (primary N) is 1. The van der Waals surface area contributed by atoms with Crippen molar-refractivity contribution < 1.29 is 8.78 Å². The highest BCUT2D eigenvalue weighted by molar-refractivity contribution is 5.79. The first-order valence-corrected chi connectivity index (χ1v) is 5.82. The maximum atomic E-state index is 13.5. The average molecular weight is 254 g/mol. The molecule has 98 valence electrons. The van der Waals surface area contributed by atoms with E-state index >= 15 is 0 Å². The predicted octanol–water partition coefficient (Wildman–Crippen LogP) is 1.85. The summed E-state index contributed by atoms with van der Waals surface area (Å²) in [6.07, 6.45) is 0. The van der Waals surface area contributed by atoms with Crippen molar-refractivity contribution in [1.29, 1.82) is 0 Å². The number of likely N-dealkylation sites (N-methyl/N-ethyl adjacent to an activating group) is 1. The molecule has 0 radical (unpaired) electrons. The standard InChI is InChI=1S/C12H16F2N4/c1-3-17(2)4-5-18-10-7-8(13)6-9(14)11(10)16-12(18)15/h6-7H,3-5H2,1-2H3,(H2,15,16). The minimum Gasteiger partial charge on any atom is -0.369 e. The third-order valence-corrected chi connectivity index (χ3v) is 3.05. The second-order valence-electron chi connectivity index (χ2n) is 4.27. The molecule has 0 aliphatic heterocycles. The minimum absolute atomic E-state index is 0.119. The van der Waals surface area contributed by atoms with Crippen LogP contribution < -0.4 is 5.73 Å². The van der Waals surface area contributed by atoms with Crippen LogP contribution in [0.3, 0.4) is 0 Å². The van der Waals surface area contributed by atoms with Crippen molar-refractivity contribution >= 4 is 17.0 Å². The van der Waals surface area contributed by atoms with E-state index < -0.39 is 11.6 Å². The highest BCUT2D eigenvalue weighted by Crippen LogP contribution is 2.22. The molecule has 6 heteroatoms. The van der Waals surface area contributed by atoms with Gasteiger partial charge in [0.05, 0.1) is 5.52 Å². The number of fused-ring (bicyclic) bond motifs is 1. The number of rotatable bonds is 4. The van der Waals surface area contributed by atoms with E-state index in [4.69, 9.17) is 5.73 Å². The number of hydrogen-bond acceptors (Lipinski definition) is 3. The molecule has 1 heterocycles. The van der Waals surface area contributed by atoms with Gasteiger partial charge in [-0.3, -0.25) is 0 Å². The topological polar surface area (TPSA) is 47.1 Å². The Balaban J connectivity index is 2.40. The number of imidazole rings is 1. The van der Waals surface area contributed by atoms with Gasteiger partial charge in [0.25, 0.3) is 0 Å². The highest BCUT2D eigenvalue weighted by atomic mass is 19.1. The molecule has 0 aliphatic carbocycles. The van der Waals surface area contributed by atoms with Crippen LogP contribution >= 0.6 is 0 Å². The Morgan fingerprint density at radius 3 is 2.78 bits per heavy atom. The Labute approximate surface area is 104 Å². The normalized spacial score (nSPS) is 11.6. The van der Waals surface area contributed by atoms with Crippen LogP contribution in [0, 0.1) is 11.6 Å². The van der Waals surface area contributed by atoms with E-state index in [1.807, 2.05) is 14.0 Å². The van der Waals surface area contributed by atoms with E-state index in [-0.39, 0.29) is 11.5 Å². The number of nitrogens with zero attached hydrogens (tertiary/aromatic N) is 3. The van der Waals surface area contributed by atoms with Crippen molar-refractivity contribution in [1.82, 2.24) is 14.5 Å². The SMILES string of the molecule is CCN(C)CCn1c(N)nc2c(F)cc(F)cc21. The van der Waals surface area contributed by atoms with Gasteiger partial charge < -0.3 is 15.2 Å². The number of hydrogen-bond donors (Lipinski definition) is 1. The third-order valence-electron chi connectivity index (χ3n) is 3.05. The van der Waals surface area contributed by atoms with E-state index in [2.05, 4.69) is 9.88 Å². The Bertz CT molecular complexity index is 565. The minimum atomic E-state index is -0.681. The fourth-order valence-electron chi connectivity index (χ4n) is 1.83. The van der Waals surface area contributed by atoms with Gasteiger partial charge >= 0.3 is 0 Å². The molecule has 0 saturated heterocycles. The summed E-state index contributed by atoms with van der Waals surface area (Å²) in [7, 11) is 1.97. The molecular formula is C12H16F2N4. The molecule has 1 aromatic carbocycles. The van der Waals surface area contributed by atoms with Crippen molar-refractivity contribution in [3.05, 3.63) is 23.8 Å². The van der Waals surface area contributed by atoms with Crippen LogP contribution in [-0.4, -0.2) is 34.6 Å². The molecule has 2 aromatic rings. The van der Waals surface area contributed by atoms with Gasteiger partial charge in [0.15, 0.2) is 5.82 Å². The van der Waals surface area contributed by atoms with Crippen molar-refractivity contribution in [3.8, 4) is 0 Å². The molecule has 2 rings (SSSR count). The molecule has 2 N–H and O–H groups in total. The lowest BCUT2D eigenvalue weighted by Crippen LogP contribution is -2.23. The number of anilines is 1. The summed E-state index contributed by atoms with van der Waals surface area (Å²) in [6, 6.07) is 2.07. The first kappa shape index (κ1) is 12.8. The Morgan fingerprint density at radius 1 is 1.39 bits per heavy atom. The maximum Gasteiger partial charge on any atom is 0.201 e. The second-order valence-corrected chi connectivity index (χ2v) is 4.27. The number of nitrogen functional groups attached to an aromatic ring is 1. The van der Waals surface area contributed by atoms with Crippen molar-refractivity contribution in [2.24, 2.45) is 0 Å². The first-order chi connectivity index (χ1) is 8.52. The summed E-state index contributed by atoms with van der Waals surface area (Å²) in [6.45, 7) is 4.23. The van der Waals surface area contributed by atoms with Crippen molar-refractivity contribution in [2.45, 2.75) is 13.5 Å². The van der Waals surface area contributed by atoms with Crippen molar-refractivity contribution in [2.75, 3.05) is 25.9 Å². The number of aromatic nitrogens is 2. The highest BCUT2D eigenvalue weighted by Gasteiger charge is 2.13. The second kappa shape index (κ2) is 4.89. The van der Waals surface area contributed by atoms with Gasteiger partial charge in [-0.25, -0.2) is 13.8 Å². The Kier molecular flexibility index (Phi) is 3.47. The van der Waals surface area contributed by atoms with E-state index in [1.54, 1.807) is 4.57 Å². The van der Waals surface area contributed by atoms with Crippen LogP contribution in [0.1, 0.15) is 6.92 Å². The van der Waals surface area contributed by atoms with Gasteiger partial charge in [0.1, 0.15) is 11.3 Å². The van der Waals surface area contributed by atoms with Gasteiger partial charge in [-0.2, -0.15) is 0 Å². The molecule has 4 nitrogen and oxygen atoms in total. The summed E-state index contributed by atoms with van der Waals surface area (Å²) >= 11 is 0. The summed E-state index contributed by atoms with van der Waals surface area (Å²) < 4.78 is 28.4. The molecule has 0 spiro atoms. The monoisotopic (exact) mass is 254 g/mol. The predicted molar refractivity (Wildman–Crippen MR) is 67.2 cm³/mol. The fraction of sp³-hybridized carbons (Fsp3) is 0.417. The Hall–Kier alpha value is -1.69. The lowest BCUT2D eigenvalue weighted by atomic mass is 10.3. The zero-order valence-corrected chi connectivity index (χ0v) is 10.5.